The molecule has 0 spiro atoms. The van der Waals surface area contributed by atoms with Crippen molar-refractivity contribution in [2.45, 2.75) is 50.6 Å². The van der Waals surface area contributed by atoms with E-state index in [1.165, 1.54) is 11.6 Å². The predicted molar refractivity (Wildman–Crippen MR) is 177 cm³/mol. The van der Waals surface area contributed by atoms with Crippen molar-refractivity contribution >= 4 is 5.91 Å². The van der Waals surface area contributed by atoms with Gasteiger partial charge in [0, 0.05) is 62.6 Å². The van der Waals surface area contributed by atoms with Gasteiger partial charge in [-0.15, -0.1) is 0 Å². The van der Waals surface area contributed by atoms with E-state index < -0.39 is 23.0 Å². The van der Waals surface area contributed by atoms with E-state index in [1.807, 2.05) is 22.8 Å². The van der Waals surface area contributed by atoms with Gasteiger partial charge in [0.25, 0.3) is 5.56 Å². The van der Waals surface area contributed by atoms with E-state index in [0.29, 0.717) is 62.1 Å². The minimum atomic E-state index is -0.848. The van der Waals surface area contributed by atoms with Gasteiger partial charge in [0.2, 0.25) is 17.1 Å². The van der Waals surface area contributed by atoms with Crippen LogP contribution in [0.3, 0.4) is 0 Å². The highest BCUT2D eigenvalue weighted by molar-refractivity contribution is 5.75. The number of fused-ring (bicyclic) bond motifs is 5. The summed E-state index contributed by atoms with van der Waals surface area (Å²) >= 11 is 0. The van der Waals surface area contributed by atoms with Crippen LogP contribution < -0.4 is 30.9 Å². The van der Waals surface area contributed by atoms with Crippen LogP contribution >= 0.6 is 0 Å². The summed E-state index contributed by atoms with van der Waals surface area (Å²) in [7, 11) is 1.54. The fourth-order valence-corrected chi connectivity index (χ4v) is 7.47. The third-order valence-electron chi connectivity index (χ3n) is 9.65. The van der Waals surface area contributed by atoms with Crippen molar-refractivity contribution in [1.29, 1.82) is 0 Å². The number of carbonyl (C=O) groups is 1. The minimum Gasteiger partial charge on any atom is -0.502 e. The summed E-state index contributed by atoms with van der Waals surface area (Å²) in [6, 6.07) is 18.1. The maximum absolute atomic E-state index is 13.1. The van der Waals surface area contributed by atoms with Crippen molar-refractivity contribution in [1.82, 2.24) is 9.47 Å². The van der Waals surface area contributed by atoms with Crippen LogP contribution in [-0.2, 0) is 30.7 Å². The predicted octanol–water partition coefficient (Wildman–Crippen LogP) is 3.70. The Morgan fingerprint density at radius 3 is 2.77 bits per heavy atom. The van der Waals surface area contributed by atoms with Crippen LogP contribution in [0.15, 0.2) is 74.7 Å². The molecule has 0 saturated carbocycles. The number of methoxy groups -OCH3 is 1. The van der Waals surface area contributed by atoms with E-state index in [9.17, 15) is 19.5 Å². The molecule has 3 aliphatic rings. The highest BCUT2D eigenvalue weighted by Gasteiger charge is 2.35. The average molecular weight is 654 g/mol. The van der Waals surface area contributed by atoms with Crippen molar-refractivity contribution in [2.75, 3.05) is 33.4 Å². The third kappa shape index (κ3) is 6.42. The van der Waals surface area contributed by atoms with Crippen molar-refractivity contribution < 1.29 is 28.5 Å². The van der Waals surface area contributed by atoms with Crippen LogP contribution in [0.1, 0.15) is 58.6 Å². The van der Waals surface area contributed by atoms with Crippen LogP contribution in [0.4, 0.5) is 0 Å². The molecule has 1 amide bonds. The van der Waals surface area contributed by atoms with Gasteiger partial charge in [-0.25, -0.2) is 0 Å². The second kappa shape index (κ2) is 13.2. The van der Waals surface area contributed by atoms with E-state index in [2.05, 4.69) is 11.0 Å². The highest BCUT2D eigenvalue weighted by Crippen LogP contribution is 2.39. The quantitative estimate of drug-likeness (QED) is 0.247. The Morgan fingerprint density at radius 2 is 1.94 bits per heavy atom. The number of amides is 1. The number of ether oxygens (including phenoxy) is 3. The van der Waals surface area contributed by atoms with Gasteiger partial charge in [0.15, 0.2) is 17.3 Å². The highest BCUT2D eigenvalue weighted by atomic mass is 16.5. The third-order valence-corrected chi connectivity index (χ3v) is 9.65. The summed E-state index contributed by atoms with van der Waals surface area (Å²) in [6.07, 6.45) is 2.34. The van der Waals surface area contributed by atoms with Crippen LogP contribution in [0.5, 0.6) is 23.0 Å². The number of hydrogen-bond acceptors (Lipinski definition) is 9. The second-order valence-corrected chi connectivity index (χ2v) is 13.0. The SMILES string of the molecule is COc1ccc(C(CC(N)=O)c2oc(CN3C[C@H]4C[C@@H](C3)c3cccc(=O)n3C4)cc(=O)c2O)cc1OCCc1ccc2c(c1)CCO2. The van der Waals surface area contributed by atoms with Gasteiger partial charge in [-0.1, -0.05) is 24.3 Å². The maximum atomic E-state index is 13.1. The number of piperidine rings is 1. The van der Waals surface area contributed by atoms with E-state index >= 15 is 0 Å². The van der Waals surface area contributed by atoms with Gasteiger partial charge < -0.3 is 34.0 Å². The van der Waals surface area contributed by atoms with Crippen LogP contribution in [-0.4, -0.2) is 53.9 Å². The zero-order valence-corrected chi connectivity index (χ0v) is 26.9. The van der Waals surface area contributed by atoms with Crippen LogP contribution in [0.25, 0.3) is 0 Å². The standard InChI is InChI=1S/C37H39N3O8/c1-45-32-8-6-24(15-33(32)47-11-9-22-5-7-31-25(13-22)10-12-46-31)28(17-34(38)42)37-36(44)30(41)16-27(48-37)21-39-18-23-14-26(20-39)29-3-2-4-35(43)40(29)19-23/h2-8,13,15-16,23,26,28,44H,9-12,14,17-21H2,1H3,(H2,38,42)/t23-,26+,28?/m1/s1. The molecule has 2 bridgehead atoms. The number of primary amides is 1. The van der Waals surface area contributed by atoms with Crippen LogP contribution in [0.2, 0.25) is 0 Å². The van der Waals surface area contributed by atoms with Crippen molar-refractivity contribution in [2.24, 2.45) is 11.7 Å². The molecule has 7 rings (SSSR count). The molecule has 5 heterocycles. The zero-order valence-electron chi connectivity index (χ0n) is 26.9. The van der Waals surface area contributed by atoms with Crippen molar-refractivity contribution in [3.05, 3.63) is 115 Å². The molecule has 11 nitrogen and oxygen atoms in total. The summed E-state index contributed by atoms with van der Waals surface area (Å²) in [5, 5.41) is 11.0. The summed E-state index contributed by atoms with van der Waals surface area (Å²) in [5.74, 6) is 0.666. The van der Waals surface area contributed by atoms with Gasteiger partial charge in [-0.05, 0) is 53.3 Å². The molecule has 0 aliphatic carbocycles. The molecular formula is C37H39N3O8. The van der Waals surface area contributed by atoms with Gasteiger partial charge >= 0.3 is 0 Å². The zero-order chi connectivity index (χ0) is 33.4. The number of aromatic nitrogens is 1. The first kappa shape index (κ1) is 31.6. The smallest absolute Gasteiger partial charge is 0.250 e. The first-order valence-electron chi connectivity index (χ1n) is 16.4. The molecule has 3 N–H and O–H groups in total. The lowest BCUT2D eigenvalue weighted by molar-refractivity contribution is -0.118. The fraction of sp³-hybridized carbons (Fsp3) is 0.378. The van der Waals surface area contributed by atoms with E-state index in [1.54, 1.807) is 37.4 Å². The number of likely N-dealkylation sites (tertiary alicyclic amines) is 1. The van der Waals surface area contributed by atoms with Gasteiger partial charge in [0.1, 0.15) is 11.5 Å². The maximum Gasteiger partial charge on any atom is 0.250 e. The molecule has 0 radical (unpaired) electrons. The van der Waals surface area contributed by atoms with Crippen molar-refractivity contribution in [3.8, 4) is 23.0 Å². The van der Waals surface area contributed by atoms with Gasteiger partial charge in [-0.3, -0.25) is 19.3 Å². The Balaban J connectivity index is 1.13. The monoisotopic (exact) mass is 653 g/mol. The van der Waals surface area contributed by atoms with E-state index in [4.69, 9.17) is 24.4 Å². The lowest BCUT2D eigenvalue weighted by Gasteiger charge is -2.42. The number of carbonyl (C=O) groups excluding carboxylic acids is 1. The summed E-state index contributed by atoms with van der Waals surface area (Å²) in [4.78, 5) is 40.1. The molecule has 250 valence electrons. The normalized spacial score (nSPS) is 18.8. The summed E-state index contributed by atoms with van der Waals surface area (Å²) in [5.41, 5.74) is 9.02. The minimum absolute atomic E-state index is 0.0204. The van der Waals surface area contributed by atoms with E-state index in [0.717, 1.165) is 36.4 Å². The summed E-state index contributed by atoms with van der Waals surface area (Å²) < 4.78 is 25.5. The molecular weight excluding hydrogens is 614 g/mol. The molecule has 2 aromatic carbocycles. The number of benzene rings is 2. The molecule has 1 unspecified atom stereocenters. The Kier molecular flexibility index (Phi) is 8.70. The largest absolute Gasteiger partial charge is 0.502 e. The van der Waals surface area contributed by atoms with Crippen molar-refractivity contribution in [3.63, 3.8) is 0 Å². The van der Waals surface area contributed by atoms with E-state index in [-0.39, 0.29) is 29.6 Å². The Morgan fingerprint density at radius 1 is 1.06 bits per heavy atom. The Hall–Kier alpha value is -5.03. The Labute approximate surface area is 277 Å². The molecule has 1 saturated heterocycles. The lowest BCUT2D eigenvalue weighted by atomic mass is 9.83. The number of nitrogens with two attached hydrogens (primary N) is 1. The fourth-order valence-electron chi connectivity index (χ4n) is 7.47. The first-order chi connectivity index (χ1) is 23.2. The topological polar surface area (TPSA) is 146 Å². The molecule has 2 aromatic heterocycles. The number of pyridine rings is 1. The Bertz CT molecular complexity index is 1970. The van der Waals surface area contributed by atoms with Gasteiger partial charge in [0.05, 0.1) is 32.8 Å². The van der Waals surface area contributed by atoms with Gasteiger partial charge in [-0.2, -0.15) is 0 Å². The number of rotatable bonds is 11. The molecule has 3 aliphatic heterocycles. The number of nitrogens with zero attached hydrogens (tertiary/aromatic N) is 2. The molecule has 11 heteroatoms. The lowest BCUT2D eigenvalue weighted by Crippen LogP contribution is -2.46. The second-order valence-electron chi connectivity index (χ2n) is 13.0. The molecule has 48 heavy (non-hydrogen) atoms. The molecule has 1 fully saturated rings. The average Bonchev–Trinajstić information content (AvgIpc) is 3.54. The molecule has 3 atom stereocenters. The molecule has 4 aromatic rings. The number of hydrogen-bond donors (Lipinski definition) is 2. The number of aromatic hydroxyl groups is 1. The van der Waals surface area contributed by atoms with Crippen LogP contribution in [0, 0.1) is 5.92 Å². The summed E-state index contributed by atoms with van der Waals surface area (Å²) in [6.45, 7) is 3.48. The first-order valence-corrected chi connectivity index (χ1v) is 16.4.